The first-order valence-electron chi connectivity index (χ1n) is 7.61. The minimum atomic E-state index is -3.17. The van der Waals surface area contributed by atoms with Crippen molar-refractivity contribution in [2.45, 2.75) is 56.9 Å². The lowest BCUT2D eigenvalue weighted by Gasteiger charge is -2.28. The third kappa shape index (κ3) is 3.75. The van der Waals surface area contributed by atoms with Crippen molar-refractivity contribution in [1.82, 2.24) is 0 Å². The second kappa shape index (κ2) is 6.61. The summed E-state index contributed by atoms with van der Waals surface area (Å²) in [4.78, 5) is 0.459. The van der Waals surface area contributed by atoms with E-state index < -0.39 is 9.84 Å². The van der Waals surface area contributed by atoms with Gasteiger partial charge in [0.1, 0.15) is 0 Å². The van der Waals surface area contributed by atoms with Crippen LogP contribution in [-0.4, -0.2) is 20.2 Å². The van der Waals surface area contributed by atoms with Gasteiger partial charge in [-0.3, -0.25) is 0 Å². The summed E-state index contributed by atoms with van der Waals surface area (Å²) >= 11 is 0. The van der Waals surface area contributed by atoms with E-state index in [1.54, 1.807) is 12.1 Å². The molecule has 0 spiro atoms. The maximum atomic E-state index is 12.3. The van der Waals surface area contributed by atoms with E-state index in [9.17, 15) is 8.42 Å². The third-order valence-corrected chi connectivity index (χ3v) is 6.04. The van der Waals surface area contributed by atoms with Crippen LogP contribution in [0.3, 0.4) is 0 Å². The summed E-state index contributed by atoms with van der Waals surface area (Å²) in [5, 5.41) is 3.46. The van der Waals surface area contributed by atoms with Gasteiger partial charge in [-0.15, -0.1) is 0 Å². The Kier molecular flexibility index (Phi) is 5.08. The molecule has 3 nitrogen and oxygen atoms in total. The van der Waals surface area contributed by atoms with Crippen molar-refractivity contribution in [3.63, 3.8) is 0 Å². The fourth-order valence-electron chi connectivity index (χ4n) is 2.86. The van der Waals surface area contributed by atoms with Crippen molar-refractivity contribution in [2.24, 2.45) is 5.92 Å². The molecular weight excluding hydrogens is 270 g/mol. The molecule has 112 valence electrons. The average Bonchev–Trinajstić information content (AvgIpc) is 2.42. The summed E-state index contributed by atoms with van der Waals surface area (Å²) in [7, 11) is -3.17. The van der Waals surface area contributed by atoms with Gasteiger partial charge >= 0.3 is 0 Å². The van der Waals surface area contributed by atoms with E-state index in [2.05, 4.69) is 12.2 Å². The number of nitrogens with one attached hydrogen (secondary N) is 1. The van der Waals surface area contributed by atoms with Crippen LogP contribution in [0.4, 0.5) is 5.69 Å². The van der Waals surface area contributed by atoms with Crippen LogP contribution in [-0.2, 0) is 9.84 Å². The lowest BCUT2D eigenvalue weighted by Crippen LogP contribution is -2.26. The SMILES string of the molecule is CCCS(=O)(=O)c1ccccc1NC1CCC(C)CC1. The van der Waals surface area contributed by atoms with Gasteiger partial charge in [0.25, 0.3) is 0 Å². The van der Waals surface area contributed by atoms with Crippen LogP contribution in [0, 0.1) is 5.92 Å². The van der Waals surface area contributed by atoms with Crippen LogP contribution < -0.4 is 5.32 Å². The first kappa shape index (κ1) is 15.4. The largest absolute Gasteiger partial charge is 0.381 e. The standard InChI is InChI=1S/C16H25NO2S/c1-3-12-20(18,19)16-7-5-4-6-15(16)17-14-10-8-13(2)9-11-14/h4-7,13-14,17H,3,8-12H2,1-2H3. The van der Waals surface area contributed by atoms with E-state index in [-0.39, 0.29) is 5.75 Å². The molecule has 1 aliphatic carbocycles. The predicted octanol–water partition coefficient (Wildman–Crippen LogP) is 3.86. The van der Waals surface area contributed by atoms with E-state index in [4.69, 9.17) is 0 Å². The Morgan fingerprint density at radius 3 is 2.45 bits per heavy atom. The van der Waals surface area contributed by atoms with Crippen LogP contribution >= 0.6 is 0 Å². The second-order valence-corrected chi connectivity index (χ2v) is 7.99. The molecule has 2 rings (SSSR count). The second-order valence-electron chi connectivity index (χ2n) is 5.92. The zero-order chi connectivity index (χ0) is 14.6. The highest BCUT2D eigenvalue weighted by atomic mass is 32.2. The van der Waals surface area contributed by atoms with E-state index in [1.165, 1.54) is 12.8 Å². The minimum absolute atomic E-state index is 0.216. The highest BCUT2D eigenvalue weighted by Gasteiger charge is 2.22. The number of sulfone groups is 1. The molecule has 0 unspecified atom stereocenters. The average molecular weight is 295 g/mol. The first-order chi connectivity index (χ1) is 9.53. The van der Waals surface area contributed by atoms with Crippen LogP contribution in [0.15, 0.2) is 29.2 Å². The molecule has 0 amide bonds. The maximum Gasteiger partial charge on any atom is 0.180 e. The van der Waals surface area contributed by atoms with Gasteiger partial charge in [-0.25, -0.2) is 8.42 Å². The highest BCUT2D eigenvalue weighted by molar-refractivity contribution is 7.91. The monoisotopic (exact) mass is 295 g/mol. The zero-order valence-electron chi connectivity index (χ0n) is 12.4. The summed E-state index contributed by atoms with van der Waals surface area (Å²) in [6.45, 7) is 4.19. The Hall–Kier alpha value is -1.03. The van der Waals surface area contributed by atoms with E-state index in [0.717, 1.165) is 24.4 Å². The molecule has 20 heavy (non-hydrogen) atoms. The molecule has 0 heterocycles. The zero-order valence-corrected chi connectivity index (χ0v) is 13.2. The number of para-hydroxylation sites is 1. The molecule has 0 atom stereocenters. The van der Waals surface area contributed by atoms with Crippen LogP contribution in [0.5, 0.6) is 0 Å². The molecule has 1 aromatic rings. The normalized spacial score (nSPS) is 23.5. The Balaban J connectivity index is 2.16. The van der Waals surface area contributed by atoms with E-state index >= 15 is 0 Å². The topological polar surface area (TPSA) is 46.2 Å². The molecule has 0 aromatic heterocycles. The molecule has 0 saturated heterocycles. The lowest BCUT2D eigenvalue weighted by molar-refractivity contribution is 0.361. The van der Waals surface area contributed by atoms with E-state index in [0.29, 0.717) is 17.4 Å². The smallest absolute Gasteiger partial charge is 0.180 e. The molecule has 1 N–H and O–H groups in total. The van der Waals surface area contributed by atoms with Crippen LogP contribution in [0.1, 0.15) is 46.0 Å². The molecule has 1 saturated carbocycles. The van der Waals surface area contributed by atoms with Crippen molar-refractivity contribution in [3.05, 3.63) is 24.3 Å². The third-order valence-electron chi connectivity index (χ3n) is 4.07. The summed E-state index contributed by atoms with van der Waals surface area (Å²) in [6, 6.07) is 7.72. The summed E-state index contributed by atoms with van der Waals surface area (Å²) in [5.41, 5.74) is 0.778. The van der Waals surface area contributed by atoms with Gasteiger partial charge in [0, 0.05) is 6.04 Å². The maximum absolute atomic E-state index is 12.3. The van der Waals surface area contributed by atoms with Crippen molar-refractivity contribution >= 4 is 15.5 Å². The van der Waals surface area contributed by atoms with Gasteiger partial charge in [0.15, 0.2) is 9.84 Å². The molecule has 4 heteroatoms. The van der Waals surface area contributed by atoms with Gasteiger partial charge in [0.2, 0.25) is 0 Å². The number of anilines is 1. The molecule has 0 aliphatic heterocycles. The summed E-state index contributed by atoms with van der Waals surface area (Å²) in [6.07, 6.45) is 5.35. The molecule has 1 fully saturated rings. The predicted molar refractivity (Wildman–Crippen MR) is 83.8 cm³/mol. The van der Waals surface area contributed by atoms with Crippen molar-refractivity contribution in [3.8, 4) is 0 Å². The fourth-order valence-corrected chi connectivity index (χ4v) is 4.37. The first-order valence-corrected chi connectivity index (χ1v) is 9.26. The van der Waals surface area contributed by atoms with Gasteiger partial charge in [-0.05, 0) is 50.2 Å². The van der Waals surface area contributed by atoms with Crippen LogP contribution in [0.25, 0.3) is 0 Å². The van der Waals surface area contributed by atoms with Gasteiger partial charge in [0.05, 0.1) is 16.3 Å². The van der Waals surface area contributed by atoms with Crippen LogP contribution in [0.2, 0.25) is 0 Å². The molecule has 0 radical (unpaired) electrons. The van der Waals surface area contributed by atoms with Gasteiger partial charge in [-0.1, -0.05) is 26.0 Å². The van der Waals surface area contributed by atoms with Gasteiger partial charge in [-0.2, -0.15) is 0 Å². The quantitative estimate of drug-likeness (QED) is 0.897. The van der Waals surface area contributed by atoms with Crippen molar-refractivity contribution in [1.29, 1.82) is 0 Å². The molecular formula is C16H25NO2S. The van der Waals surface area contributed by atoms with Crippen molar-refractivity contribution < 1.29 is 8.42 Å². The number of hydrogen-bond donors (Lipinski definition) is 1. The Morgan fingerprint density at radius 2 is 1.80 bits per heavy atom. The number of hydrogen-bond acceptors (Lipinski definition) is 3. The minimum Gasteiger partial charge on any atom is -0.381 e. The Morgan fingerprint density at radius 1 is 1.15 bits per heavy atom. The molecule has 1 aromatic carbocycles. The highest BCUT2D eigenvalue weighted by Crippen LogP contribution is 2.29. The Bertz CT molecular complexity index is 531. The summed E-state index contributed by atoms with van der Waals surface area (Å²) in [5.74, 6) is 1.01. The molecule has 0 bridgehead atoms. The Labute approximate surface area is 122 Å². The number of benzene rings is 1. The van der Waals surface area contributed by atoms with Crippen molar-refractivity contribution in [2.75, 3.05) is 11.1 Å². The lowest BCUT2D eigenvalue weighted by atomic mass is 9.87. The molecule has 1 aliphatic rings. The van der Waals surface area contributed by atoms with E-state index in [1.807, 2.05) is 19.1 Å². The summed E-state index contributed by atoms with van der Waals surface area (Å²) < 4.78 is 24.6. The number of rotatable bonds is 5. The van der Waals surface area contributed by atoms with Gasteiger partial charge < -0.3 is 5.32 Å². The fraction of sp³-hybridized carbons (Fsp3) is 0.625.